The zero-order valence-corrected chi connectivity index (χ0v) is 15.4. The first-order valence-electron chi connectivity index (χ1n) is 8.73. The third-order valence-corrected chi connectivity index (χ3v) is 5.12. The van der Waals surface area contributed by atoms with Crippen molar-refractivity contribution in [2.24, 2.45) is 0 Å². The minimum Gasteiger partial charge on any atom is -0.298 e. The summed E-state index contributed by atoms with van der Waals surface area (Å²) in [6.07, 6.45) is 6.00. The quantitative estimate of drug-likeness (QED) is 0.469. The smallest absolute Gasteiger partial charge is 0.250 e. The minimum absolute atomic E-state index is 0.177. The maximum Gasteiger partial charge on any atom is 0.250 e. The summed E-state index contributed by atoms with van der Waals surface area (Å²) in [4.78, 5) is 17.6. The van der Waals surface area contributed by atoms with E-state index in [0.29, 0.717) is 5.13 Å². The fourth-order valence-electron chi connectivity index (χ4n) is 2.87. The molecule has 0 fully saturated rings. The molecule has 1 N–H and O–H groups in total. The average Bonchev–Trinajstić information content (AvgIpc) is 3.13. The van der Waals surface area contributed by atoms with Crippen LogP contribution in [0.1, 0.15) is 16.0 Å². The summed E-state index contributed by atoms with van der Waals surface area (Å²) in [6.45, 7) is 0. The molecule has 132 valence electrons. The molecule has 4 rings (SSSR count). The van der Waals surface area contributed by atoms with E-state index in [1.807, 2.05) is 48.7 Å². The molecule has 1 amide bonds. The van der Waals surface area contributed by atoms with E-state index >= 15 is 0 Å². The fourth-order valence-corrected chi connectivity index (χ4v) is 3.72. The Balaban J connectivity index is 1.39. The van der Waals surface area contributed by atoms with Gasteiger partial charge in [0.1, 0.15) is 0 Å². The van der Waals surface area contributed by atoms with E-state index < -0.39 is 0 Å². The van der Waals surface area contributed by atoms with Gasteiger partial charge in [-0.1, -0.05) is 66.7 Å². The highest BCUT2D eigenvalue weighted by molar-refractivity contribution is 7.15. The van der Waals surface area contributed by atoms with Crippen molar-refractivity contribution in [3.8, 4) is 0 Å². The first-order chi connectivity index (χ1) is 13.3. The molecule has 0 aliphatic rings. The van der Waals surface area contributed by atoms with Crippen molar-refractivity contribution < 1.29 is 4.79 Å². The SMILES string of the molecule is O=C(/C=C/c1ccc2ccccc2c1)Nc1ncc(Cc2ccccc2)s1. The number of hydrogen-bond acceptors (Lipinski definition) is 3. The van der Waals surface area contributed by atoms with E-state index in [1.54, 1.807) is 6.08 Å². The predicted octanol–water partition coefficient (Wildman–Crippen LogP) is 5.54. The topological polar surface area (TPSA) is 42.0 Å². The number of aromatic nitrogens is 1. The molecule has 3 nitrogen and oxygen atoms in total. The van der Waals surface area contributed by atoms with Gasteiger partial charge in [-0.05, 0) is 34.0 Å². The third kappa shape index (κ3) is 4.49. The summed E-state index contributed by atoms with van der Waals surface area (Å²) in [6, 6.07) is 24.5. The van der Waals surface area contributed by atoms with E-state index in [-0.39, 0.29) is 5.91 Å². The molecule has 0 saturated heterocycles. The Labute approximate surface area is 162 Å². The monoisotopic (exact) mass is 370 g/mol. The molecule has 0 aliphatic heterocycles. The Morgan fingerprint density at radius 3 is 2.59 bits per heavy atom. The van der Waals surface area contributed by atoms with E-state index in [0.717, 1.165) is 22.2 Å². The molecule has 27 heavy (non-hydrogen) atoms. The van der Waals surface area contributed by atoms with E-state index in [2.05, 4.69) is 46.7 Å². The molecule has 0 bridgehead atoms. The zero-order valence-electron chi connectivity index (χ0n) is 14.6. The number of amides is 1. The van der Waals surface area contributed by atoms with Crippen LogP contribution in [0.5, 0.6) is 0 Å². The van der Waals surface area contributed by atoms with Gasteiger partial charge in [-0.15, -0.1) is 11.3 Å². The van der Waals surface area contributed by atoms with Gasteiger partial charge in [-0.2, -0.15) is 0 Å². The number of anilines is 1. The second-order valence-corrected chi connectivity index (χ2v) is 7.34. The molecule has 4 aromatic rings. The summed E-state index contributed by atoms with van der Waals surface area (Å²) >= 11 is 1.50. The number of benzene rings is 3. The van der Waals surface area contributed by atoms with Gasteiger partial charge in [0.05, 0.1) is 0 Å². The van der Waals surface area contributed by atoms with Crippen molar-refractivity contribution in [2.75, 3.05) is 5.32 Å². The van der Waals surface area contributed by atoms with Gasteiger partial charge in [0.25, 0.3) is 0 Å². The third-order valence-electron chi connectivity index (χ3n) is 4.21. The number of thiazole rings is 1. The van der Waals surface area contributed by atoms with E-state index in [4.69, 9.17) is 0 Å². The number of fused-ring (bicyclic) bond motifs is 1. The molecule has 0 aliphatic carbocycles. The summed E-state index contributed by atoms with van der Waals surface area (Å²) in [5, 5.41) is 5.80. The average molecular weight is 370 g/mol. The maximum atomic E-state index is 12.2. The van der Waals surface area contributed by atoms with E-state index in [9.17, 15) is 4.79 Å². The molecule has 1 aromatic heterocycles. The number of nitrogens with zero attached hydrogens (tertiary/aromatic N) is 1. The molecule has 0 atom stereocenters. The Hall–Kier alpha value is -3.24. The van der Waals surface area contributed by atoms with Gasteiger partial charge in [0.2, 0.25) is 5.91 Å². The molecular formula is C23H18N2OS. The van der Waals surface area contributed by atoms with Gasteiger partial charge in [0.15, 0.2) is 5.13 Å². The van der Waals surface area contributed by atoms with Crippen LogP contribution >= 0.6 is 11.3 Å². The van der Waals surface area contributed by atoms with Gasteiger partial charge >= 0.3 is 0 Å². The molecule has 0 unspecified atom stereocenters. The first kappa shape index (κ1) is 17.2. The Morgan fingerprint density at radius 2 is 1.74 bits per heavy atom. The van der Waals surface area contributed by atoms with E-state index in [1.165, 1.54) is 22.3 Å². The summed E-state index contributed by atoms with van der Waals surface area (Å²) in [5.74, 6) is -0.177. The van der Waals surface area contributed by atoms with Gasteiger partial charge in [-0.25, -0.2) is 4.98 Å². The second-order valence-electron chi connectivity index (χ2n) is 6.22. The highest BCUT2D eigenvalue weighted by atomic mass is 32.1. The molecule has 1 heterocycles. The van der Waals surface area contributed by atoms with Crippen LogP contribution < -0.4 is 5.32 Å². The molecule has 3 aromatic carbocycles. The van der Waals surface area contributed by atoms with Crippen molar-refractivity contribution in [1.29, 1.82) is 0 Å². The lowest BCUT2D eigenvalue weighted by Crippen LogP contribution is -2.07. The predicted molar refractivity (Wildman–Crippen MR) is 113 cm³/mol. The normalized spacial score (nSPS) is 11.1. The lowest BCUT2D eigenvalue weighted by Gasteiger charge is -1.99. The van der Waals surface area contributed by atoms with Crippen molar-refractivity contribution in [2.45, 2.75) is 6.42 Å². The van der Waals surface area contributed by atoms with Crippen LogP contribution in [0.15, 0.2) is 85.1 Å². The number of rotatable bonds is 5. The lowest BCUT2D eigenvalue weighted by molar-refractivity contribution is -0.111. The summed E-state index contributed by atoms with van der Waals surface area (Å²) in [7, 11) is 0. The van der Waals surface area contributed by atoms with Crippen molar-refractivity contribution in [3.05, 3.63) is 101 Å². The van der Waals surface area contributed by atoms with Crippen LogP contribution in [0, 0.1) is 0 Å². The van der Waals surface area contributed by atoms with Crippen LogP contribution in [0.3, 0.4) is 0 Å². The second kappa shape index (κ2) is 7.98. The standard InChI is InChI=1S/C23H18N2OS/c26-22(13-11-18-10-12-19-8-4-5-9-20(19)14-18)25-23-24-16-21(27-23)15-17-6-2-1-3-7-17/h1-14,16H,15H2,(H,24,25,26)/b13-11+. The van der Waals surface area contributed by atoms with Crippen LogP contribution in [-0.2, 0) is 11.2 Å². The number of carbonyl (C=O) groups is 1. The maximum absolute atomic E-state index is 12.2. The van der Waals surface area contributed by atoms with Crippen molar-refractivity contribution >= 4 is 39.2 Å². The van der Waals surface area contributed by atoms with Crippen LogP contribution in [0.25, 0.3) is 16.8 Å². The highest BCUT2D eigenvalue weighted by Gasteiger charge is 2.05. The van der Waals surface area contributed by atoms with Crippen molar-refractivity contribution in [3.63, 3.8) is 0 Å². The van der Waals surface area contributed by atoms with Gasteiger partial charge in [0, 0.05) is 23.6 Å². The van der Waals surface area contributed by atoms with Crippen LogP contribution in [0.2, 0.25) is 0 Å². The number of nitrogens with one attached hydrogen (secondary N) is 1. The highest BCUT2D eigenvalue weighted by Crippen LogP contribution is 2.21. The molecule has 0 spiro atoms. The van der Waals surface area contributed by atoms with Crippen LogP contribution in [0.4, 0.5) is 5.13 Å². The molecule has 0 radical (unpaired) electrons. The summed E-state index contributed by atoms with van der Waals surface area (Å²) < 4.78 is 0. The lowest BCUT2D eigenvalue weighted by atomic mass is 10.1. The van der Waals surface area contributed by atoms with Gasteiger partial charge < -0.3 is 0 Å². The fraction of sp³-hybridized carbons (Fsp3) is 0.0435. The first-order valence-corrected chi connectivity index (χ1v) is 9.54. The van der Waals surface area contributed by atoms with Gasteiger partial charge in [-0.3, -0.25) is 10.1 Å². The largest absolute Gasteiger partial charge is 0.298 e. The minimum atomic E-state index is -0.177. The van der Waals surface area contributed by atoms with Crippen LogP contribution in [-0.4, -0.2) is 10.9 Å². The molecular weight excluding hydrogens is 352 g/mol. The summed E-state index contributed by atoms with van der Waals surface area (Å²) in [5.41, 5.74) is 2.22. The van der Waals surface area contributed by atoms with Crippen molar-refractivity contribution in [1.82, 2.24) is 4.98 Å². The molecule has 4 heteroatoms. The number of carbonyl (C=O) groups excluding carboxylic acids is 1. The Bertz CT molecular complexity index is 1100. The zero-order chi connectivity index (χ0) is 18.5. The number of hydrogen-bond donors (Lipinski definition) is 1. The Morgan fingerprint density at radius 1 is 0.963 bits per heavy atom. The Kier molecular flexibility index (Phi) is 5.08. The molecule has 0 saturated carbocycles.